The molecule has 0 spiro atoms. The van der Waals surface area contributed by atoms with Crippen molar-refractivity contribution in [3.8, 4) is 28.7 Å². The molecular weight excluding hydrogens is 424 g/mol. The van der Waals surface area contributed by atoms with E-state index in [0.717, 1.165) is 16.9 Å². The maximum absolute atomic E-state index is 11.9. The van der Waals surface area contributed by atoms with E-state index in [4.69, 9.17) is 23.4 Å². The first-order chi connectivity index (χ1) is 14.9. The van der Waals surface area contributed by atoms with E-state index in [1.165, 1.54) is 0 Å². The van der Waals surface area contributed by atoms with E-state index < -0.39 is 13.9 Å². The Kier molecular flexibility index (Phi) is 6.46. The number of ether oxygens (including phenoxy) is 4. The molecule has 176 valence electrons. The van der Waals surface area contributed by atoms with Gasteiger partial charge in [-0.2, -0.15) is 0 Å². The minimum Gasteiger partial charge on any atom is -0.541 e. The lowest BCUT2D eigenvalue weighted by molar-refractivity contribution is 0.0822. The van der Waals surface area contributed by atoms with Crippen molar-refractivity contribution < 1.29 is 28.5 Å². The maximum Gasteiger partial charge on any atom is 0.250 e. The minimum absolute atomic E-state index is 0.0341. The van der Waals surface area contributed by atoms with Crippen LogP contribution in [0.2, 0.25) is 18.1 Å². The molecule has 1 aliphatic carbocycles. The summed E-state index contributed by atoms with van der Waals surface area (Å²) >= 11 is 0. The van der Waals surface area contributed by atoms with Gasteiger partial charge >= 0.3 is 0 Å². The molecule has 0 fully saturated rings. The number of hydrogen-bond acceptors (Lipinski definition) is 6. The van der Waals surface area contributed by atoms with Crippen molar-refractivity contribution in [3.05, 3.63) is 41.0 Å². The summed E-state index contributed by atoms with van der Waals surface area (Å²) in [5.74, 6) is 2.96. The number of aliphatic hydroxyl groups is 1. The van der Waals surface area contributed by atoms with E-state index in [1.807, 2.05) is 24.3 Å². The van der Waals surface area contributed by atoms with E-state index in [0.29, 0.717) is 41.4 Å². The molecule has 2 aromatic rings. The molecular formula is C25H36O6Si. The molecule has 0 aromatic heterocycles. The Balaban J connectivity index is 2.17. The maximum atomic E-state index is 11.9. The molecule has 7 heteroatoms. The van der Waals surface area contributed by atoms with Gasteiger partial charge in [-0.15, -0.1) is 0 Å². The highest BCUT2D eigenvalue weighted by molar-refractivity contribution is 6.74. The Labute approximate surface area is 192 Å². The third-order valence-electron chi connectivity index (χ3n) is 6.93. The van der Waals surface area contributed by atoms with Gasteiger partial charge in [0.1, 0.15) is 11.4 Å². The van der Waals surface area contributed by atoms with Crippen molar-refractivity contribution in [2.75, 3.05) is 28.4 Å². The van der Waals surface area contributed by atoms with Crippen LogP contribution in [0.4, 0.5) is 0 Å². The molecule has 6 nitrogen and oxygen atoms in total. The molecule has 0 heterocycles. The van der Waals surface area contributed by atoms with Crippen molar-refractivity contribution in [2.24, 2.45) is 0 Å². The molecule has 1 unspecified atom stereocenters. The van der Waals surface area contributed by atoms with Crippen LogP contribution in [-0.2, 0) is 12.0 Å². The van der Waals surface area contributed by atoms with Crippen molar-refractivity contribution in [3.63, 3.8) is 0 Å². The first-order valence-corrected chi connectivity index (χ1v) is 13.8. The summed E-state index contributed by atoms with van der Waals surface area (Å²) in [4.78, 5) is 0. The van der Waals surface area contributed by atoms with Crippen LogP contribution in [0.3, 0.4) is 0 Å². The number of fused-ring (bicyclic) bond motifs is 1. The molecule has 1 N–H and O–H groups in total. The summed E-state index contributed by atoms with van der Waals surface area (Å²) in [5, 5.41) is 12.0. The van der Waals surface area contributed by atoms with Crippen molar-refractivity contribution in [1.29, 1.82) is 0 Å². The van der Waals surface area contributed by atoms with Gasteiger partial charge in [-0.25, -0.2) is 0 Å². The van der Waals surface area contributed by atoms with Crippen LogP contribution in [0.15, 0.2) is 24.3 Å². The second kappa shape index (κ2) is 8.52. The van der Waals surface area contributed by atoms with Gasteiger partial charge in [0.05, 0.1) is 28.4 Å². The fourth-order valence-corrected chi connectivity index (χ4v) is 5.02. The largest absolute Gasteiger partial charge is 0.541 e. The average molecular weight is 461 g/mol. The summed E-state index contributed by atoms with van der Waals surface area (Å²) in [6, 6.07) is 7.45. The van der Waals surface area contributed by atoms with Crippen LogP contribution in [0.1, 0.15) is 43.9 Å². The van der Waals surface area contributed by atoms with Crippen LogP contribution in [0, 0.1) is 0 Å². The molecule has 32 heavy (non-hydrogen) atoms. The quantitative estimate of drug-likeness (QED) is 0.567. The van der Waals surface area contributed by atoms with Gasteiger partial charge in [-0.05, 0) is 60.3 Å². The Morgan fingerprint density at radius 2 is 1.41 bits per heavy atom. The van der Waals surface area contributed by atoms with Gasteiger partial charge in [0.2, 0.25) is 5.75 Å². The van der Waals surface area contributed by atoms with Gasteiger partial charge < -0.3 is 28.5 Å². The van der Waals surface area contributed by atoms with Gasteiger partial charge in [0.25, 0.3) is 8.32 Å². The lowest BCUT2D eigenvalue weighted by Gasteiger charge is -2.37. The van der Waals surface area contributed by atoms with Crippen LogP contribution in [-0.4, -0.2) is 41.9 Å². The van der Waals surface area contributed by atoms with Crippen LogP contribution >= 0.6 is 0 Å². The second-order valence-corrected chi connectivity index (χ2v) is 14.5. The van der Waals surface area contributed by atoms with E-state index in [1.54, 1.807) is 28.4 Å². The summed E-state index contributed by atoms with van der Waals surface area (Å²) in [6.07, 6.45) is 1.19. The van der Waals surface area contributed by atoms with Crippen LogP contribution in [0.25, 0.3) is 0 Å². The number of methoxy groups -OCH3 is 4. The third-order valence-corrected chi connectivity index (χ3v) is 11.3. The number of hydrogen-bond donors (Lipinski definition) is 1. The molecule has 0 saturated carbocycles. The smallest absolute Gasteiger partial charge is 0.250 e. The summed E-state index contributed by atoms with van der Waals surface area (Å²) < 4.78 is 28.9. The Bertz CT molecular complexity index is 970. The Morgan fingerprint density at radius 3 is 1.88 bits per heavy atom. The highest BCUT2D eigenvalue weighted by Crippen LogP contribution is 2.52. The van der Waals surface area contributed by atoms with Crippen molar-refractivity contribution in [1.82, 2.24) is 0 Å². The zero-order chi connectivity index (χ0) is 23.9. The molecule has 0 bridgehead atoms. The van der Waals surface area contributed by atoms with Gasteiger partial charge in [0.15, 0.2) is 17.2 Å². The van der Waals surface area contributed by atoms with Crippen molar-refractivity contribution in [2.45, 2.75) is 57.3 Å². The molecule has 0 amide bonds. The predicted molar refractivity (Wildman–Crippen MR) is 128 cm³/mol. The summed E-state index contributed by atoms with van der Waals surface area (Å²) in [6.45, 7) is 11.1. The second-order valence-electron chi connectivity index (χ2n) is 9.76. The zero-order valence-electron chi connectivity index (χ0n) is 20.7. The fraction of sp³-hybridized carbons (Fsp3) is 0.520. The topological polar surface area (TPSA) is 66.4 Å². The highest BCUT2D eigenvalue weighted by Gasteiger charge is 2.44. The number of benzene rings is 2. The van der Waals surface area contributed by atoms with E-state index in [2.05, 4.69) is 33.9 Å². The van der Waals surface area contributed by atoms with Gasteiger partial charge in [-0.1, -0.05) is 26.8 Å². The third kappa shape index (κ3) is 3.92. The normalized spacial score (nSPS) is 18.2. The Morgan fingerprint density at radius 1 is 0.844 bits per heavy atom. The predicted octanol–water partition coefficient (Wildman–Crippen LogP) is 5.29. The van der Waals surface area contributed by atoms with Gasteiger partial charge in [-0.3, -0.25) is 0 Å². The first kappa shape index (κ1) is 24.3. The van der Waals surface area contributed by atoms with Crippen molar-refractivity contribution >= 4 is 8.32 Å². The molecule has 1 aliphatic rings. The average Bonchev–Trinajstić information content (AvgIpc) is 3.10. The van der Waals surface area contributed by atoms with Gasteiger partial charge in [0, 0.05) is 5.56 Å². The SMILES string of the molecule is COc1cc(C2(O)CCc3c2ccc(OC)c3O[Si](C)(C)C(C)(C)C)cc(OC)c1OC. The molecule has 3 rings (SSSR count). The molecule has 1 atom stereocenters. The summed E-state index contributed by atoms with van der Waals surface area (Å²) in [7, 11) is 4.24. The standard InChI is InChI=1S/C25H36O6Si/c1-24(2,3)32(8,9)31-22-17-12-13-25(26,18(17)10-11-19(22)27-4)16-14-20(28-5)23(30-7)21(15-16)29-6/h10-11,14-15,26H,12-13H2,1-9H3. The summed E-state index contributed by atoms with van der Waals surface area (Å²) in [5.41, 5.74) is 1.29. The van der Waals surface area contributed by atoms with E-state index in [-0.39, 0.29) is 5.04 Å². The minimum atomic E-state index is -2.12. The van der Waals surface area contributed by atoms with E-state index in [9.17, 15) is 5.11 Å². The molecule has 2 aromatic carbocycles. The van der Waals surface area contributed by atoms with E-state index >= 15 is 0 Å². The molecule has 0 saturated heterocycles. The zero-order valence-corrected chi connectivity index (χ0v) is 21.7. The Hall–Kier alpha value is -2.38. The fourth-order valence-electron chi connectivity index (χ4n) is 3.98. The highest BCUT2D eigenvalue weighted by atomic mass is 28.4. The monoisotopic (exact) mass is 460 g/mol. The molecule has 0 aliphatic heterocycles. The van der Waals surface area contributed by atoms with Crippen LogP contribution in [0.5, 0.6) is 28.7 Å². The number of rotatable bonds is 7. The lowest BCUT2D eigenvalue weighted by atomic mass is 9.87. The van der Waals surface area contributed by atoms with Crippen LogP contribution < -0.4 is 23.4 Å². The first-order valence-electron chi connectivity index (χ1n) is 10.9. The lowest BCUT2D eigenvalue weighted by Crippen LogP contribution is -2.44. The molecule has 0 radical (unpaired) electrons.